The number of benzene rings is 2. The molecular weight excluding hydrogens is 416 g/mol. The third-order valence-corrected chi connectivity index (χ3v) is 6.83. The lowest BCUT2D eigenvalue weighted by atomic mass is 9.73. The number of fused-ring (bicyclic) bond motifs is 1. The molecule has 2 nitrogen and oxygen atoms in total. The number of anilines is 1. The smallest absolute Gasteiger partial charge is 0.108 e. The standard InChI is InChI=1S/C20H20BrClN2S/c21-16-5-4-15-12-20(6-8-25-9-7-20)19(24-18(15)11-16)23-13-14-2-1-3-17(22)10-14/h1-5,10-11H,6-9,12-13H2,(H,23,24). The quantitative estimate of drug-likeness (QED) is 0.609. The second-order valence-electron chi connectivity index (χ2n) is 6.79. The van der Waals surface area contributed by atoms with Crippen molar-refractivity contribution in [3.05, 3.63) is 63.1 Å². The van der Waals surface area contributed by atoms with Crippen molar-refractivity contribution in [1.82, 2.24) is 0 Å². The normalized spacial score (nSPS) is 20.3. The highest BCUT2D eigenvalue weighted by Crippen LogP contribution is 2.44. The Morgan fingerprint density at radius 1 is 1.16 bits per heavy atom. The fourth-order valence-corrected chi connectivity index (χ4v) is 5.56. The molecule has 0 unspecified atom stereocenters. The van der Waals surface area contributed by atoms with Gasteiger partial charge in [0.1, 0.15) is 5.84 Å². The molecule has 4 rings (SSSR count). The maximum atomic E-state index is 6.12. The predicted octanol–water partition coefficient (Wildman–Crippen LogP) is 6.18. The van der Waals surface area contributed by atoms with Gasteiger partial charge in [0.2, 0.25) is 0 Å². The van der Waals surface area contributed by atoms with Crippen LogP contribution in [0.25, 0.3) is 0 Å². The van der Waals surface area contributed by atoms with Crippen LogP contribution >= 0.6 is 39.3 Å². The van der Waals surface area contributed by atoms with Gasteiger partial charge in [-0.15, -0.1) is 0 Å². The molecule has 0 aliphatic carbocycles. The van der Waals surface area contributed by atoms with Crippen molar-refractivity contribution in [2.45, 2.75) is 25.8 Å². The molecule has 0 aromatic heterocycles. The van der Waals surface area contributed by atoms with Gasteiger partial charge in [0.15, 0.2) is 0 Å². The number of thioether (sulfide) groups is 1. The minimum atomic E-state index is 0.157. The Morgan fingerprint density at radius 3 is 2.80 bits per heavy atom. The molecule has 130 valence electrons. The second-order valence-corrected chi connectivity index (χ2v) is 9.37. The zero-order valence-corrected chi connectivity index (χ0v) is 17.1. The number of aliphatic imine (C=N–C) groups is 1. The summed E-state index contributed by atoms with van der Waals surface area (Å²) in [5.74, 6) is 3.58. The van der Waals surface area contributed by atoms with E-state index < -0.39 is 0 Å². The van der Waals surface area contributed by atoms with E-state index in [-0.39, 0.29) is 5.41 Å². The number of hydrogen-bond donors (Lipinski definition) is 1. The van der Waals surface area contributed by atoms with Gasteiger partial charge in [0, 0.05) is 20.6 Å². The maximum absolute atomic E-state index is 6.12. The lowest BCUT2D eigenvalue weighted by Gasteiger charge is -2.42. The summed E-state index contributed by atoms with van der Waals surface area (Å²) >= 11 is 11.8. The monoisotopic (exact) mass is 434 g/mol. The Bertz CT molecular complexity index is 815. The van der Waals surface area contributed by atoms with Gasteiger partial charge in [-0.05, 0) is 66.2 Å². The van der Waals surface area contributed by atoms with Crippen molar-refractivity contribution in [3.8, 4) is 0 Å². The van der Waals surface area contributed by atoms with Gasteiger partial charge in [-0.1, -0.05) is 45.7 Å². The van der Waals surface area contributed by atoms with E-state index in [9.17, 15) is 0 Å². The minimum absolute atomic E-state index is 0.157. The molecule has 1 saturated heterocycles. The van der Waals surface area contributed by atoms with Crippen molar-refractivity contribution >= 4 is 50.8 Å². The van der Waals surface area contributed by atoms with Gasteiger partial charge in [-0.25, -0.2) is 0 Å². The second kappa shape index (κ2) is 7.34. The van der Waals surface area contributed by atoms with E-state index in [0.717, 1.165) is 27.3 Å². The number of nitrogens with one attached hydrogen (secondary N) is 1. The summed E-state index contributed by atoms with van der Waals surface area (Å²) in [7, 11) is 0. The number of hydrogen-bond acceptors (Lipinski definition) is 2. The maximum Gasteiger partial charge on any atom is 0.108 e. The van der Waals surface area contributed by atoms with Crippen LogP contribution in [0.1, 0.15) is 24.0 Å². The fraction of sp³-hybridized carbons (Fsp3) is 0.350. The summed E-state index contributed by atoms with van der Waals surface area (Å²) in [5, 5.41) is 4.43. The van der Waals surface area contributed by atoms with Crippen molar-refractivity contribution in [1.29, 1.82) is 0 Å². The van der Waals surface area contributed by atoms with Gasteiger partial charge in [0.25, 0.3) is 0 Å². The Balaban J connectivity index is 1.68. The largest absolute Gasteiger partial charge is 0.343 e. The molecule has 2 aliphatic rings. The molecule has 0 bridgehead atoms. The lowest BCUT2D eigenvalue weighted by molar-refractivity contribution is 0.377. The van der Waals surface area contributed by atoms with E-state index in [2.05, 4.69) is 57.3 Å². The molecule has 5 heteroatoms. The molecular formula is C20H20BrClN2S. The first-order valence-corrected chi connectivity index (χ1v) is 10.9. The van der Waals surface area contributed by atoms with E-state index >= 15 is 0 Å². The number of nitrogens with zero attached hydrogens (tertiary/aromatic N) is 1. The van der Waals surface area contributed by atoms with Crippen LogP contribution < -0.4 is 5.32 Å². The Morgan fingerprint density at radius 2 is 2.00 bits per heavy atom. The van der Waals surface area contributed by atoms with Crippen molar-refractivity contribution < 1.29 is 0 Å². The zero-order chi connectivity index (χ0) is 17.3. The van der Waals surface area contributed by atoms with Crippen LogP contribution in [-0.2, 0) is 13.0 Å². The summed E-state index contributed by atoms with van der Waals surface area (Å²) in [4.78, 5) is 5.02. The first-order valence-electron chi connectivity index (χ1n) is 8.57. The third-order valence-electron chi connectivity index (χ3n) is 5.11. The fourth-order valence-electron chi connectivity index (χ4n) is 3.72. The highest BCUT2D eigenvalue weighted by molar-refractivity contribution is 9.10. The van der Waals surface area contributed by atoms with Gasteiger partial charge in [-0.3, -0.25) is 4.99 Å². The summed E-state index contributed by atoms with van der Waals surface area (Å²) in [5.41, 5.74) is 3.90. The van der Waals surface area contributed by atoms with Crippen molar-refractivity contribution in [2.24, 2.45) is 10.4 Å². The summed E-state index contributed by atoms with van der Waals surface area (Å²) in [6, 6.07) is 14.5. The van der Waals surface area contributed by atoms with E-state index in [0.29, 0.717) is 6.54 Å². The van der Waals surface area contributed by atoms with E-state index in [1.807, 2.05) is 18.2 Å². The number of halogens is 2. The third kappa shape index (κ3) is 3.76. The molecule has 1 spiro atoms. The van der Waals surface area contributed by atoms with E-state index in [1.165, 1.54) is 35.6 Å². The molecule has 2 aromatic rings. The Hall–Kier alpha value is -0.970. The molecule has 0 saturated carbocycles. The molecule has 2 aliphatic heterocycles. The van der Waals surface area contributed by atoms with Gasteiger partial charge < -0.3 is 5.32 Å². The molecule has 1 fully saturated rings. The molecule has 0 atom stereocenters. The van der Waals surface area contributed by atoms with Gasteiger partial charge >= 0.3 is 0 Å². The first-order chi connectivity index (χ1) is 12.1. The average molecular weight is 436 g/mol. The Labute approximate surface area is 166 Å². The SMILES string of the molecule is Clc1cccc(CN=C2Nc3cc(Br)ccc3CC23CCSCC3)c1. The number of rotatable bonds is 2. The molecule has 1 N–H and O–H groups in total. The molecule has 2 heterocycles. The van der Waals surface area contributed by atoms with Crippen molar-refractivity contribution in [2.75, 3.05) is 16.8 Å². The summed E-state index contributed by atoms with van der Waals surface area (Å²) < 4.78 is 1.10. The van der Waals surface area contributed by atoms with Crippen LogP contribution in [0.15, 0.2) is 51.9 Å². The summed E-state index contributed by atoms with van der Waals surface area (Å²) in [6.07, 6.45) is 3.46. The first kappa shape index (κ1) is 17.4. The molecule has 0 radical (unpaired) electrons. The molecule has 2 aromatic carbocycles. The van der Waals surface area contributed by atoms with Crippen LogP contribution in [-0.4, -0.2) is 17.3 Å². The van der Waals surface area contributed by atoms with Gasteiger partial charge in [0.05, 0.1) is 6.54 Å². The van der Waals surface area contributed by atoms with Crippen LogP contribution in [0.5, 0.6) is 0 Å². The minimum Gasteiger partial charge on any atom is -0.343 e. The van der Waals surface area contributed by atoms with Crippen LogP contribution in [0.2, 0.25) is 5.02 Å². The predicted molar refractivity (Wildman–Crippen MR) is 113 cm³/mol. The van der Waals surface area contributed by atoms with E-state index in [1.54, 1.807) is 0 Å². The molecule has 25 heavy (non-hydrogen) atoms. The highest BCUT2D eigenvalue weighted by atomic mass is 79.9. The van der Waals surface area contributed by atoms with Crippen LogP contribution in [0.3, 0.4) is 0 Å². The van der Waals surface area contributed by atoms with Crippen LogP contribution in [0.4, 0.5) is 5.69 Å². The topological polar surface area (TPSA) is 24.4 Å². The number of amidine groups is 1. The highest BCUT2D eigenvalue weighted by Gasteiger charge is 2.41. The zero-order valence-electron chi connectivity index (χ0n) is 13.9. The van der Waals surface area contributed by atoms with Crippen molar-refractivity contribution in [3.63, 3.8) is 0 Å². The van der Waals surface area contributed by atoms with Gasteiger partial charge in [-0.2, -0.15) is 11.8 Å². The Kier molecular flexibility index (Phi) is 5.12. The molecule has 0 amide bonds. The summed E-state index contributed by atoms with van der Waals surface area (Å²) in [6.45, 7) is 0.668. The average Bonchev–Trinajstić information content (AvgIpc) is 2.61. The van der Waals surface area contributed by atoms with E-state index in [4.69, 9.17) is 16.6 Å². The van der Waals surface area contributed by atoms with Crippen LogP contribution in [0, 0.1) is 5.41 Å². The lowest BCUT2D eigenvalue weighted by Crippen LogP contribution is -2.44.